The van der Waals surface area contributed by atoms with Gasteiger partial charge in [-0.15, -0.1) is 0 Å². The van der Waals surface area contributed by atoms with Crippen molar-refractivity contribution in [1.82, 2.24) is 24.5 Å². The van der Waals surface area contributed by atoms with E-state index in [-0.39, 0.29) is 0 Å². The average molecular weight is 323 g/mol. The zero-order valence-corrected chi connectivity index (χ0v) is 12.1. The van der Waals surface area contributed by atoms with Crippen LogP contribution in [0.2, 0.25) is 0 Å². The van der Waals surface area contributed by atoms with E-state index in [4.69, 9.17) is 5.11 Å². The summed E-state index contributed by atoms with van der Waals surface area (Å²) in [4.78, 5) is 26.4. The lowest BCUT2D eigenvalue weighted by molar-refractivity contribution is -0.131. The Hall–Kier alpha value is -3.55. The standard InChI is InChI=1S/C16H10FN5O2/c17-10-5-11-12(8-20-14(11)19-7-10)15-18-6-9-1-3-22(16(9)21-15)4-2-13(23)24/h1-8H,(H,19,20)(H,23,24)/b4-2+. The highest BCUT2D eigenvalue weighted by atomic mass is 19.1. The molecular formula is C16H10FN5O2. The molecule has 2 N–H and O–H groups in total. The molecule has 0 saturated carbocycles. The molecule has 0 fully saturated rings. The Balaban J connectivity index is 1.88. The molecule has 4 rings (SSSR count). The molecule has 0 bridgehead atoms. The maximum absolute atomic E-state index is 13.5. The molecule has 0 aliphatic rings. The van der Waals surface area contributed by atoms with Crippen molar-refractivity contribution < 1.29 is 14.3 Å². The fraction of sp³-hybridized carbons (Fsp3) is 0. The van der Waals surface area contributed by atoms with Gasteiger partial charge >= 0.3 is 5.97 Å². The first-order valence-corrected chi connectivity index (χ1v) is 6.99. The predicted octanol–water partition coefficient (Wildman–Crippen LogP) is 2.67. The maximum atomic E-state index is 13.5. The van der Waals surface area contributed by atoms with Gasteiger partial charge in [0.1, 0.15) is 17.1 Å². The van der Waals surface area contributed by atoms with Gasteiger partial charge in [0.05, 0.1) is 6.20 Å². The molecule has 4 aromatic rings. The summed E-state index contributed by atoms with van der Waals surface area (Å²) in [6, 6.07) is 3.15. The van der Waals surface area contributed by atoms with Crippen molar-refractivity contribution in [1.29, 1.82) is 0 Å². The fourth-order valence-corrected chi connectivity index (χ4v) is 2.49. The molecule has 0 radical (unpaired) electrons. The van der Waals surface area contributed by atoms with E-state index in [1.807, 2.05) is 0 Å². The van der Waals surface area contributed by atoms with E-state index in [9.17, 15) is 9.18 Å². The zero-order valence-electron chi connectivity index (χ0n) is 12.1. The molecule has 7 nitrogen and oxygen atoms in total. The third-order valence-corrected chi connectivity index (χ3v) is 3.57. The molecule has 0 atom stereocenters. The molecule has 0 spiro atoms. The van der Waals surface area contributed by atoms with Crippen LogP contribution in [0.15, 0.2) is 43.0 Å². The largest absolute Gasteiger partial charge is 0.478 e. The number of hydrogen-bond donors (Lipinski definition) is 2. The second kappa shape index (κ2) is 5.27. The first-order valence-electron chi connectivity index (χ1n) is 6.99. The number of rotatable bonds is 3. The number of carboxylic acid groups (broad SMARTS) is 1. The van der Waals surface area contributed by atoms with Crippen LogP contribution in [0, 0.1) is 5.82 Å². The Kier molecular flexibility index (Phi) is 3.09. The van der Waals surface area contributed by atoms with Crippen LogP contribution in [0.5, 0.6) is 0 Å². The van der Waals surface area contributed by atoms with E-state index in [1.165, 1.54) is 12.3 Å². The van der Waals surface area contributed by atoms with Crippen LogP contribution in [-0.2, 0) is 4.79 Å². The molecule has 24 heavy (non-hydrogen) atoms. The lowest BCUT2D eigenvalue weighted by Gasteiger charge is -2.01. The molecular weight excluding hydrogens is 313 g/mol. The second-order valence-corrected chi connectivity index (χ2v) is 5.10. The lowest BCUT2D eigenvalue weighted by Crippen LogP contribution is -1.94. The monoisotopic (exact) mass is 323 g/mol. The number of hydrogen-bond acceptors (Lipinski definition) is 4. The summed E-state index contributed by atoms with van der Waals surface area (Å²) < 4.78 is 15.1. The Bertz CT molecular complexity index is 1110. The third kappa shape index (κ3) is 2.30. The van der Waals surface area contributed by atoms with Gasteiger partial charge in [-0.1, -0.05) is 0 Å². The Labute approximate surface area is 134 Å². The van der Waals surface area contributed by atoms with Crippen molar-refractivity contribution >= 4 is 34.2 Å². The summed E-state index contributed by atoms with van der Waals surface area (Å²) in [6.07, 6.45) is 8.55. The van der Waals surface area contributed by atoms with Gasteiger partial charge in [0.2, 0.25) is 0 Å². The normalized spacial score (nSPS) is 11.7. The summed E-state index contributed by atoms with van der Waals surface area (Å²) in [5, 5.41) is 10.1. The Morgan fingerprint density at radius 2 is 2.21 bits per heavy atom. The van der Waals surface area contributed by atoms with Crippen LogP contribution in [0.3, 0.4) is 0 Å². The number of nitrogens with one attached hydrogen (secondary N) is 1. The quantitative estimate of drug-likeness (QED) is 0.565. The minimum Gasteiger partial charge on any atom is -0.478 e. The molecule has 8 heteroatoms. The summed E-state index contributed by atoms with van der Waals surface area (Å²) >= 11 is 0. The number of aromatic nitrogens is 5. The van der Waals surface area contributed by atoms with Crippen LogP contribution < -0.4 is 0 Å². The summed E-state index contributed by atoms with van der Waals surface area (Å²) in [7, 11) is 0. The van der Waals surface area contributed by atoms with Crippen molar-refractivity contribution in [2.45, 2.75) is 0 Å². The molecule has 118 valence electrons. The number of nitrogens with zero attached hydrogens (tertiary/aromatic N) is 4. The third-order valence-electron chi connectivity index (χ3n) is 3.57. The summed E-state index contributed by atoms with van der Waals surface area (Å²) in [6.45, 7) is 0. The van der Waals surface area contributed by atoms with Gasteiger partial charge in [0, 0.05) is 47.2 Å². The van der Waals surface area contributed by atoms with Crippen LogP contribution in [0.25, 0.3) is 39.7 Å². The van der Waals surface area contributed by atoms with E-state index < -0.39 is 11.8 Å². The molecule has 0 aliphatic carbocycles. The molecule has 4 heterocycles. The first-order chi connectivity index (χ1) is 11.6. The minimum absolute atomic E-state index is 0.393. The smallest absolute Gasteiger partial charge is 0.329 e. The molecule has 0 aliphatic heterocycles. The molecule has 0 unspecified atom stereocenters. The molecule has 0 saturated heterocycles. The van der Waals surface area contributed by atoms with Crippen LogP contribution in [0.4, 0.5) is 4.39 Å². The highest BCUT2D eigenvalue weighted by molar-refractivity contribution is 5.92. The predicted molar refractivity (Wildman–Crippen MR) is 85.5 cm³/mol. The number of carboxylic acids is 1. The van der Waals surface area contributed by atoms with Gasteiger partial charge < -0.3 is 14.7 Å². The van der Waals surface area contributed by atoms with Gasteiger partial charge in [-0.05, 0) is 12.1 Å². The van der Waals surface area contributed by atoms with Crippen molar-refractivity contribution in [3.63, 3.8) is 0 Å². The molecule has 4 aromatic heterocycles. The number of H-pyrrole nitrogens is 1. The fourth-order valence-electron chi connectivity index (χ4n) is 2.49. The van der Waals surface area contributed by atoms with Crippen molar-refractivity contribution in [2.75, 3.05) is 0 Å². The topological polar surface area (TPSA) is 96.7 Å². The second-order valence-electron chi connectivity index (χ2n) is 5.10. The summed E-state index contributed by atoms with van der Waals surface area (Å²) in [5.74, 6) is -1.11. The van der Waals surface area contributed by atoms with Crippen LogP contribution >= 0.6 is 0 Å². The minimum atomic E-state index is -1.05. The van der Waals surface area contributed by atoms with E-state index in [1.54, 1.807) is 29.2 Å². The van der Waals surface area contributed by atoms with Gasteiger partial charge in [0.15, 0.2) is 5.82 Å². The lowest BCUT2D eigenvalue weighted by atomic mass is 10.2. The van der Waals surface area contributed by atoms with E-state index in [0.29, 0.717) is 28.1 Å². The number of pyridine rings is 1. The van der Waals surface area contributed by atoms with Gasteiger partial charge in [-0.3, -0.25) is 0 Å². The zero-order chi connectivity index (χ0) is 16.7. The molecule has 0 amide bonds. The van der Waals surface area contributed by atoms with Gasteiger partial charge in [-0.2, -0.15) is 0 Å². The number of aromatic amines is 1. The SMILES string of the molecule is O=C(O)/C=C/n1ccc2cnc(-c3c[nH]c4ncc(F)cc34)nc21. The Morgan fingerprint density at radius 3 is 3.04 bits per heavy atom. The molecule has 0 aromatic carbocycles. The average Bonchev–Trinajstić information content (AvgIpc) is 3.15. The number of fused-ring (bicyclic) bond motifs is 2. The van der Waals surface area contributed by atoms with E-state index in [2.05, 4.69) is 19.9 Å². The van der Waals surface area contributed by atoms with Crippen LogP contribution in [-0.4, -0.2) is 35.6 Å². The first kappa shape index (κ1) is 14.1. The maximum Gasteiger partial charge on any atom is 0.329 e. The number of aliphatic carboxylic acids is 1. The number of halogens is 1. The van der Waals surface area contributed by atoms with Crippen molar-refractivity contribution in [3.8, 4) is 11.4 Å². The van der Waals surface area contributed by atoms with E-state index >= 15 is 0 Å². The Morgan fingerprint density at radius 1 is 1.33 bits per heavy atom. The van der Waals surface area contributed by atoms with E-state index in [0.717, 1.165) is 17.7 Å². The van der Waals surface area contributed by atoms with Crippen molar-refractivity contribution in [3.05, 3.63) is 48.8 Å². The number of carbonyl (C=O) groups is 1. The summed E-state index contributed by atoms with van der Waals surface area (Å²) in [5.41, 5.74) is 1.71. The van der Waals surface area contributed by atoms with Crippen molar-refractivity contribution in [2.24, 2.45) is 0 Å². The van der Waals surface area contributed by atoms with Gasteiger partial charge in [0.25, 0.3) is 0 Å². The van der Waals surface area contributed by atoms with Crippen LogP contribution in [0.1, 0.15) is 0 Å². The highest BCUT2D eigenvalue weighted by Gasteiger charge is 2.12. The highest BCUT2D eigenvalue weighted by Crippen LogP contribution is 2.26. The van der Waals surface area contributed by atoms with Gasteiger partial charge in [-0.25, -0.2) is 24.1 Å².